The molecule has 0 bridgehead atoms. The van der Waals surface area contributed by atoms with Gasteiger partial charge < -0.3 is 71.3 Å². The van der Waals surface area contributed by atoms with Crippen LogP contribution in [-0.4, -0.2) is 207 Å². The van der Waals surface area contributed by atoms with E-state index in [-0.39, 0.29) is 12.5 Å². The van der Waals surface area contributed by atoms with Gasteiger partial charge in [-0.1, -0.05) is 48.5 Å². The molecule has 516 valence electrons. The van der Waals surface area contributed by atoms with Crippen molar-refractivity contribution < 1.29 is 60.2 Å². The fourth-order valence-corrected chi connectivity index (χ4v) is 11.3. The van der Waals surface area contributed by atoms with Crippen molar-refractivity contribution in [2.45, 2.75) is 51.8 Å². The number of anilines is 4. The zero-order chi connectivity index (χ0) is 69.5. The minimum absolute atomic E-state index is 0.00639. The first-order chi connectivity index (χ1) is 45.5. The Hall–Kier alpha value is -9.13. The number of aliphatic carboxylic acids is 1. The normalized spacial score (nSPS) is 16.1. The van der Waals surface area contributed by atoms with Crippen LogP contribution in [-0.2, 0) is 39.8 Å². The average Bonchev–Trinajstić information content (AvgIpc) is 0.809. The van der Waals surface area contributed by atoms with Gasteiger partial charge in [0.1, 0.15) is 12.1 Å². The Morgan fingerprint density at radius 3 is 1.36 bits per heavy atom. The summed E-state index contributed by atoms with van der Waals surface area (Å²) in [5, 5.41) is 19.1. The van der Waals surface area contributed by atoms with E-state index in [0.717, 1.165) is 123 Å². The number of hydrogen-bond donors (Lipinski definition) is 8. The van der Waals surface area contributed by atoms with E-state index in [1.165, 1.54) is 0 Å². The van der Waals surface area contributed by atoms with Crippen molar-refractivity contribution in [3.05, 3.63) is 164 Å². The number of rotatable bonds is 15. The maximum atomic E-state index is 13.7. The van der Waals surface area contributed by atoms with Crippen LogP contribution in [0.4, 0.5) is 53.9 Å². The molecule has 6 aromatic rings. The van der Waals surface area contributed by atoms with Gasteiger partial charge >= 0.3 is 24.4 Å². The first kappa shape index (κ1) is 72.7. The molecule has 6 heterocycles. The molecule has 4 aromatic carbocycles. The number of aromatic amines is 2. The molecular formula is C67H82F6N14O9. The van der Waals surface area contributed by atoms with Gasteiger partial charge in [0.25, 0.3) is 11.8 Å². The third kappa shape index (κ3) is 20.9. The van der Waals surface area contributed by atoms with Crippen molar-refractivity contribution in [1.82, 2.24) is 45.1 Å². The number of nitrogens with two attached hydrogens (primary N) is 1. The number of hydrogen-bond acceptors (Lipinski definition) is 16. The minimum atomic E-state index is -4.88. The number of ether oxygens (including phenoxy) is 1. The fourth-order valence-electron chi connectivity index (χ4n) is 11.3. The van der Waals surface area contributed by atoms with Gasteiger partial charge in [0.15, 0.2) is 0 Å². The van der Waals surface area contributed by atoms with Gasteiger partial charge in [-0.2, -0.15) is 26.3 Å². The number of piperazine rings is 4. The lowest BCUT2D eigenvalue weighted by Crippen LogP contribution is -2.49. The number of carbonyl (C=O) groups excluding carboxylic acids is 4. The molecule has 10 rings (SSSR count). The Morgan fingerprint density at radius 2 is 0.969 bits per heavy atom. The molecule has 4 saturated heterocycles. The molecule has 0 radical (unpaired) electrons. The van der Waals surface area contributed by atoms with Crippen molar-refractivity contribution >= 4 is 52.5 Å². The maximum absolute atomic E-state index is 13.7. The molecule has 4 amide bonds. The summed E-state index contributed by atoms with van der Waals surface area (Å²) >= 11 is 0. The van der Waals surface area contributed by atoms with Crippen molar-refractivity contribution in [2.75, 3.05) is 152 Å². The number of amides is 4. The van der Waals surface area contributed by atoms with E-state index < -0.39 is 81.7 Å². The largest absolute Gasteiger partial charge is 0.480 e. The van der Waals surface area contributed by atoms with Crippen LogP contribution in [0.15, 0.2) is 119 Å². The maximum Gasteiger partial charge on any atom is 0.417 e. The van der Waals surface area contributed by atoms with E-state index in [0.29, 0.717) is 75.0 Å². The third-order valence-electron chi connectivity index (χ3n) is 16.4. The molecule has 29 heteroatoms. The Kier molecular flexibility index (Phi) is 24.6. The number of halogens is 6. The van der Waals surface area contributed by atoms with Gasteiger partial charge in [-0.05, 0) is 105 Å². The van der Waals surface area contributed by atoms with E-state index in [4.69, 9.17) is 15.6 Å². The molecule has 0 unspecified atom stereocenters. The lowest BCUT2D eigenvalue weighted by atomic mass is 10.0. The highest BCUT2D eigenvalue weighted by molar-refractivity contribution is 6.08. The summed E-state index contributed by atoms with van der Waals surface area (Å²) in [6.45, 7) is 18.8. The third-order valence-corrected chi connectivity index (χ3v) is 16.4. The SMILES string of the molecule is CC(C)(C)OC(=O)NCC(=O)O.CN1CCN(c2ccc(-c3cccc(CN4CCN(C(=O)CN)CC4)c3)cc2NC(=O)c2c[nH]c(=O)cc2C(F)(F)F)CC1.CN1CCN(c2ccc(-c3cccc(CN4CCNCC4)c3)cc2NC(=O)c2c[nH]c(=O)cc2C(F)(F)F)CC1. The highest BCUT2D eigenvalue weighted by Gasteiger charge is 2.38. The molecule has 4 aliphatic heterocycles. The van der Waals surface area contributed by atoms with E-state index >= 15 is 0 Å². The van der Waals surface area contributed by atoms with Crippen LogP contribution in [0.1, 0.15) is 63.7 Å². The minimum Gasteiger partial charge on any atom is -0.480 e. The average molecular weight is 1340 g/mol. The Balaban J connectivity index is 0.000000211. The summed E-state index contributed by atoms with van der Waals surface area (Å²) < 4.78 is 87.0. The first-order valence-electron chi connectivity index (χ1n) is 31.4. The van der Waals surface area contributed by atoms with E-state index in [1.54, 1.807) is 31.7 Å². The Morgan fingerprint density at radius 1 is 0.552 bits per heavy atom. The number of carbonyl (C=O) groups is 5. The van der Waals surface area contributed by atoms with Crippen molar-refractivity contribution in [1.29, 1.82) is 0 Å². The number of likely N-dealkylation sites (N-methyl/N-ethyl adjacent to an activating group) is 2. The number of benzene rings is 4. The van der Waals surface area contributed by atoms with Gasteiger partial charge in [0.2, 0.25) is 17.0 Å². The van der Waals surface area contributed by atoms with Crippen LogP contribution in [0.25, 0.3) is 22.3 Å². The van der Waals surface area contributed by atoms with Gasteiger partial charge in [-0.15, -0.1) is 0 Å². The number of nitrogens with zero attached hydrogens (tertiary/aromatic N) is 7. The monoisotopic (exact) mass is 1340 g/mol. The number of alkyl halides is 6. The lowest BCUT2D eigenvalue weighted by molar-refractivity contribution is -0.138. The Bertz CT molecular complexity index is 3810. The number of pyridine rings is 2. The van der Waals surface area contributed by atoms with Gasteiger partial charge in [0, 0.05) is 142 Å². The van der Waals surface area contributed by atoms with Crippen LogP contribution in [0, 0.1) is 0 Å². The van der Waals surface area contributed by atoms with Crippen molar-refractivity contribution in [2.24, 2.45) is 5.73 Å². The number of nitrogens with one attached hydrogen (secondary N) is 6. The number of carboxylic acids is 1. The molecule has 0 saturated carbocycles. The van der Waals surface area contributed by atoms with Gasteiger partial charge in [0.05, 0.1) is 51.5 Å². The molecule has 9 N–H and O–H groups in total. The van der Waals surface area contributed by atoms with Crippen LogP contribution in [0.3, 0.4) is 0 Å². The summed E-state index contributed by atoms with van der Waals surface area (Å²) in [6, 6.07) is 28.3. The lowest BCUT2D eigenvalue weighted by Gasteiger charge is -2.35. The summed E-state index contributed by atoms with van der Waals surface area (Å²) in [7, 11) is 4.05. The highest BCUT2D eigenvalue weighted by Crippen LogP contribution is 2.38. The highest BCUT2D eigenvalue weighted by atomic mass is 19.4. The predicted octanol–water partition coefficient (Wildman–Crippen LogP) is 6.73. The molecule has 0 aliphatic carbocycles. The number of alkyl carbamates (subject to hydrolysis) is 1. The van der Waals surface area contributed by atoms with Crippen LogP contribution >= 0.6 is 0 Å². The first-order valence-corrected chi connectivity index (χ1v) is 31.4. The molecule has 0 atom stereocenters. The quantitative estimate of drug-likeness (QED) is 0.0495. The van der Waals surface area contributed by atoms with Crippen LogP contribution < -0.4 is 47.9 Å². The molecule has 96 heavy (non-hydrogen) atoms. The van der Waals surface area contributed by atoms with Crippen LogP contribution in [0.5, 0.6) is 0 Å². The molecule has 4 fully saturated rings. The van der Waals surface area contributed by atoms with E-state index in [9.17, 15) is 59.9 Å². The molecule has 2 aromatic heterocycles. The topological polar surface area (TPSA) is 277 Å². The van der Waals surface area contributed by atoms with E-state index in [2.05, 4.69) is 78.8 Å². The summed E-state index contributed by atoms with van der Waals surface area (Å²) in [6.07, 6.45) is -8.83. The second-order valence-electron chi connectivity index (χ2n) is 24.7. The van der Waals surface area contributed by atoms with Crippen LogP contribution in [0.2, 0.25) is 0 Å². The fraction of sp³-hybridized carbons (Fsp3) is 0.418. The standard InChI is InChI=1S/C31H36F3N7O3.C29H33F3N6O2.C7H13NO4/c1-38-7-11-40(12-8-38)27-6-5-23(16-26(27)37-30(44)24-19-36-28(42)17-25(24)31(32,33)34)22-4-2-3-21(15-22)20-39-9-13-41(14-10-39)29(43)18-35;1-36-11-13-38(14-12-36)26-6-5-22(21-4-2-3-20(15-21)19-37-9-7-33-8-10-37)16-25(26)35-28(40)23-18-34-27(39)17-24(23)29(30,31)32;1-7(2,3)12-6(11)8-4-5(9)10/h2-6,15-17,19H,7-14,18,20,35H2,1H3,(H,36,42)(H,37,44);2-6,15-18,33H,7-14,19H2,1H3,(H,34,39)(H,35,40);4H2,1-3H3,(H,8,11)(H,9,10). The second-order valence-corrected chi connectivity index (χ2v) is 24.7. The van der Waals surface area contributed by atoms with Crippen molar-refractivity contribution in [3.8, 4) is 22.3 Å². The summed E-state index contributed by atoms with van der Waals surface area (Å²) in [5.41, 5.74) is 7.09. The molecule has 0 spiro atoms. The zero-order valence-electron chi connectivity index (χ0n) is 54.2. The number of aromatic nitrogens is 2. The second kappa shape index (κ2) is 32.5. The number of carboxylic acid groups (broad SMARTS) is 1. The molecule has 23 nitrogen and oxygen atoms in total. The molecular weight excluding hydrogens is 1260 g/mol. The molecule has 4 aliphatic rings. The van der Waals surface area contributed by atoms with Crippen molar-refractivity contribution in [3.63, 3.8) is 0 Å². The summed E-state index contributed by atoms with van der Waals surface area (Å²) in [5.74, 6) is -3.06. The zero-order valence-corrected chi connectivity index (χ0v) is 54.2. The van der Waals surface area contributed by atoms with Gasteiger partial charge in [-0.3, -0.25) is 38.6 Å². The van der Waals surface area contributed by atoms with E-state index in [1.807, 2.05) is 74.8 Å². The smallest absolute Gasteiger partial charge is 0.417 e. The summed E-state index contributed by atoms with van der Waals surface area (Å²) in [4.78, 5) is 102. The number of H-pyrrole nitrogens is 2. The Labute approximate surface area is 551 Å². The van der Waals surface area contributed by atoms with Gasteiger partial charge in [-0.25, -0.2) is 4.79 Å². The predicted molar refractivity (Wildman–Crippen MR) is 354 cm³/mol.